The number of nitrogens with zero attached hydrogens (tertiary/aromatic N) is 1. The van der Waals surface area contributed by atoms with Gasteiger partial charge >= 0.3 is 0 Å². The summed E-state index contributed by atoms with van der Waals surface area (Å²) >= 11 is 0. The fourth-order valence-electron chi connectivity index (χ4n) is 3.79. The van der Waals surface area contributed by atoms with E-state index >= 15 is 0 Å². The summed E-state index contributed by atoms with van der Waals surface area (Å²) < 4.78 is 6.03. The molecule has 2 aliphatic rings. The zero-order valence-electron chi connectivity index (χ0n) is 14.5. The molecule has 4 nitrogen and oxygen atoms in total. The van der Waals surface area contributed by atoms with E-state index in [1.54, 1.807) is 0 Å². The number of halogens is 1. The van der Waals surface area contributed by atoms with Crippen molar-refractivity contribution in [3.63, 3.8) is 0 Å². The van der Waals surface area contributed by atoms with Gasteiger partial charge in [0, 0.05) is 18.7 Å². The molecule has 0 radical (unpaired) electrons. The highest BCUT2D eigenvalue weighted by atomic mass is 35.5. The highest BCUT2D eigenvalue weighted by Crippen LogP contribution is 2.25. The number of hydrogen-bond acceptors (Lipinski definition) is 3. The lowest BCUT2D eigenvalue weighted by atomic mass is 9.97. The zero-order chi connectivity index (χ0) is 16.1. The van der Waals surface area contributed by atoms with E-state index in [4.69, 9.17) is 4.74 Å². The number of amides is 1. The third kappa shape index (κ3) is 4.87. The maximum Gasteiger partial charge on any atom is 0.253 e. The fourth-order valence-corrected chi connectivity index (χ4v) is 3.79. The summed E-state index contributed by atoms with van der Waals surface area (Å²) in [5.74, 6) is 1.55. The molecule has 1 amide bonds. The van der Waals surface area contributed by atoms with Crippen LogP contribution in [0.5, 0.6) is 5.75 Å². The lowest BCUT2D eigenvalue weighted by molar-refractivity contribution is 0.0673. The molecule has 0 bridgehead atoms. The second kappa shape index (κ2) is 9.28. The van der Waals surface area contributed by atoms with Crippen molar-refractivity contribution in [3.05, 3.63) is 29.8 Å². The van der Waals surface area contributed by atoms with Gasteiger partial charge in [-0.1, -0.05) is 6.07 Å². The van der Waals surface area contributed by atoms with Crippen molar-refractivity contribution in [3.8, 4) is 5.75 Å². The third-order valence-electron chi connectivity index (χ3n) is 4.98. The summed E-state index contributed by atoms with van der Waals surface area (Å²) in [5.41, 5.74) is 0.755. The van der Waals surface area contributed by atoms with Crippen LogP contribution >= 0.6 is 12.4 Å². The van der Waals surface area contributed by atoms with Gasteiger partial charge in [0.25, 0.3) is 5.91 Å². The van der Waals surface area contributed by atoms with Crippen molar-refractivity contribution < 1.29 is 9.53 Å². The fraction of sp³-hybridized carbons (Fsp3) is 0.632. The Morgan fingerprint density at radius 1 is 1.25 bits per heavy atom. The molecule has 5 heteroatoms. The van der Waals surface area contributed by atoms with E-state index in [-0.39, 0.29) is 18.3 Å². The number of carbonyl (C=O) groups is 1. The number of rotatable bonds is 5. The van der Waals surface area contributed by atoms with Gasteiger partial charge in [0.2, 0.25) is 0 Å². The van der Waals surface area contributed by atoms with E-state index in [1.807, 2.05) is 36.2 Å². The molecule has 1 aliphatic heterocycles. The Labute approximate surface area is 151 Å². The van der Waals surface area contributed by atoms with Gasteiger partial charge in [0.15, 0.2) is 0 Å². The van der Waals surface area contributed by atoms with Gasteiger partial charge in [-0.2, -0.15) is 0 Å². The molecule has 1 saturated carbocycles. The summed E-state index contributed by atoms with van der Waals surface area (Å²) in [7, 11) is 1.98. The number of hydrogen-bond donors (Lipinski definition) is 1. The van der Waals surface area contributed by atoms with Crippen LogP contribution in [0.3, 0.4) is 0 Å². The summed E-state index contributed by atoms with van der Waals surface area (Å²) in [4.78, 5) is 14.8. The smallest absolute Gasteiger partial charge is 0.253 e. The first-order valence-corrected chi connectivity index (χ1v) is 8.97. The van der Waals surface area contributed by atoms with Crippen LogP contribution in [0, 0.1) is 5.92 Å². The van der Waals surface area contributed by atoms with Gasteiger partial charge in [-0.05, 0) is 76.2 Å². The summed E-state index contributed by atoms with van der Waals surface area (Å²) in [6.45, 7) is 2.70. The van der Waals surface area contributed by atoms with Crippen molar-refractivity contribution in [2.75, 3.05) is 26.7 Å². The van der Waals surface area contributed by atoms with Crippen LogP contribution in [0.25, 0.3) is 0 Å². The van der Waals surface area contributed by atoms with Gasteiger partial charge < -0.3 is 15.0 Å². The summed E-state index contributed by atoms with van der Waals surface area (Å²) in [5, 5.41) is 3.23. The second-order valence-electron chi connectivity index (χ2n) is 6.87. The Balaban J connectivity index is 0.00000208. The van der Waals surface area contributed by atoms with Gasteiger partial charge in [-0.3, -0.25) is 4.79 Å². The second-order valence-corrected chi connectivity index (χ2v) is 6.87. The van der Waals surface area contributed by atoms with Gasteiger partial charge in [0.1, 0.15) is 5.75 Å². The molecule has 24 heavy (non-hydrogen) atoms. The topological polar surface area (TPSA) is 41.6 Å². The minimum atomic E-state index is 0. The van der Waals surface area contributed by atoms with Gasteiger partial charge in [-0.15, -0.1) is 12.4 Å². The molecular formula is C19H29ClN2O2. The Morgan fingerprint density at radius 2 is 2.04 bits per heavy atom. The lowest BCUT2D eigenvalue weighted by Gasteiger charge is -2.32. The van der Waals surface area contributed by atoms with Crippen LogP contribution in [-0.2, 0) is 0 Å². The Kier molecular flexibility index (Phi) is 7.38. The van der Waals surface area contributed by atoms with Crippen LogP contribution in [0.4, 0.5) is 0 Å². The van der Waals surface area contributed by atoms with Crippen molar-refractivity contribution >= 4 is 18.3 Å². The summed E-state index contributed by atoms with van der Waals surface area (Å²) in [6.07, 6.45) is 7.40. The molecule has 1 aromatic rings. The van der Waals surface area contributed by atoms with Crippen molar-refractivity contribution in [2.24, 2.45) is 5.92 Å². The highest BCUT2D eigenvalue weighted by Gasteiger charge is 2.24. The normalized spacial score (nSPS) is 21.4. The van der Waals surface area contributed by atoms with Gasteiger partial charge in [0.05, 0.1) is 6.10 Å². The van der Waals surface area contributed by atoms with E-state index in [1.165, 1.54) is 19.3 Å². The molecule has 0 aromatic heterocycles. The molecule has 134 valence electrons. The minimum Gasteiger partial charge on any atom is -0.490 e. The molecule has 3 rings (SSSR count). The molecule has 2 fully saturated rings. The minimum absolute atomic E-state index is 0. The van der Waals surface area contributed by atoms with E-state index < -0.39 is 0 Å². The van der Waals surface area contributed by atoms with E-state index in [0.29, 0.717) is 12.0 Å². The SMILES string of the molecule is CNCC1CCCN(C(=O)c2cccc(OC3CCCC3)c2)C1.Cl. The van der Waals surface area contributed by atoms with E-state index in [2.05, 4.69) is 5.32 Å². The first kappa shape index (κ1) is 19.1. The average molecular weight is 353 g/mol. The number of nitrogens with one attached hydrogen (secondary N) is 1. The van der Waals surface area contributed by atoms with E-state index in [0.717, 1.165) is 50.2 Å². The quantitative estimate of drug-likeness (QED) is 0.881. The zero-order valence-corrected chi connectivity index (χ0v) is 15.3. The lowest BCUT2D eigenvalue weighted by Crippen LogP contribution is -2.42. The molecule has 1 saturated heterocycles. The molecule has 1 unspecified atom stereocenters. The van der Waals surface area contributed by atoms with Crippen molar-refractivity contribution in [2.45, 2.75) is 44.6 Å². The molecular weight excluding hydrogens is 324 g/mol. The number of likely N-dealkylation sites (tertiary alicyclic amines) is 1. The molecule has 1 aromatic carbocycles. The first-order valence-electron chi connectivity index (χ1n) is 8.97. The number of carbonyl (C=O) groups excluding carboxylic acids is 1. The first-order chi connectivity index (χ1) is 11.3. The number of ether oxygens (including phenoxy) is 1. The third-order valence-corrected chi connectivity index (χ3v) is 4.98. The average Bonchev–Trinajstić information content (AvgIpc) is 3.08. The largest absolute Gasteiger partial charge is 0.490 e. The summed E-state index contributed by atoms with van der Waals surface area (Å²) in [6, 6.07) is 7.73. The molecule has 1 aliphatic carbocycles. The molecule has 1 atom stereocenters. The number of benzene rings is 1. The van der Waals surface area contributed by atoms with Crippen molar-refractivity contribution in [1.82, 2.24) is 10.2 Å². The van der Waals surface area contributed by atoms with Crippen LogP contribution in [0.15, 0.2) is 24.3 Å². The maximum absolute atomic E-state index is 12.8. The maximum atomic E-state index is 12.8. The van der Waals surface area contributed by atoms with Crippen LogP contribution in [0.1, 0.15) is 48.9 Å². The predicted molar refractivity (Wildman–Crippen MR) is 99.1 cm³/mol. The van der Waals surface area contributed by atoms with Gasteiger partial charge in [-0.25, -0.2) is 0 Å². The Hall–Kier alpha value is -1.26. The monoisotopic (exact) mass is 352 g/mol. The van der Waals surface area contributed by atoms with E-state index in [9.17, 15) is 4.79 Å². The standard InChI is InChI=1S/C19H28N2O2.ClH/c1-20-13-15-6-5-11-21(14-15)19(22)16-7-4-10-18(12-16)23-17-8-2-3-9-17;/h4,7,10,12,15,17,20H,2-3,5-6,8-9,11,13-14H2,1H3;1H. The van der Waals surface area contributed by atoms with Crippen LogP contribution in [-0.4, -0.2) is 43.6 Å². The Bertz CT molecular complexity index is 530. The van der Waals surface area contributed by atoms with Crippen LogP contribution in [0.2, 0.25) is 0 Å². The molecule has 1 N–H and O–H groups in total. The number of piperidine rings is 1. The highest BCUT2D eigenvalue weighted by molar-refractivity contribution is 5.94. The Morgan fingerprint density at radius 3 is 2.79 bits per heavy atom. The van der Waals surface area contributed by atoms with Crippen molar-refractivity contribution in [1.29, 1.82) is 0 Å². The molecule has 1 heterocycles. The molecule has 0 spiro atoms. The van der Waals surface area contributed by atoms with Crippen LogP contribution < -0.4 is 10.1 Å². The predicted octanol–water partition coefficient (Wildman–Crippen LogP) is 3.50.